The molecule has 1 aliphatic heterocycles. The molecule has 1 aliphatic carbocycles. The Labute approximate surface area is 105 Å². The quantitative estimate of drug-likeness (QED) is 0.742. The van der Waals surface area contributed by atoms with Gasteiger partial charge in [-0.3, -0.25) is 4.90 Å². The van der Waals surface area contributed by atoms with Crippen molar-refractivity contribution in [2.24, 2.45) is 5.92 Å². The molecule has 0 atom stereocenters. The highest BCUT2D eigenvalue weighted by atomic mass is 16.7. The van der Waals surface area contributed by atoms with Crippen LogP contribution in [0.4, 0.5) is 0 Å². The lowest BCUT2D eigenvalue weighted by atomic mass is 9.86. The summed E-state index contributed by atoms with van der Waals surface area (Å²) in [4.78, 5) is 2.49. The fourth-order valence-corrected chi connectivity index (χ4v) is 2.87. The van der Waals surface area contributed by atoms with E-state index in [1.54, 1.807) is 0 Å². The van der Waals surface area contributed by atoms with Gasteiger partial charge in [-0.2, -0.15) is 0 Å². The van der Waals surface area contributed by atoms with Gasteiger partial charge in [0, 0.05) is 6.04 Å². The average Bonchev–Trinajstić information content (AvgIpc) is 2.29. The third-order valence-electron chi connectivity index (χ3n) is 4.38. The lowest BCUT2D eigenvalue weighted by Crippen LogP contribution is -2.52. The van der Waals surface area contributed by atoms with Crippen molar-refractivity contribution in [2.45, 2.75) is 64.3 Å². The predicted molar refractivity (Wildman–Crippen MR) is 69.0 cm³/mol. The molecule has 1 heterocycles. The van der Waals surface area contributed by atoms with E-state index in [0.717, 1.165) is 25.2 Å². The second-order valence-electron chi connectivity index (χ2n) is 6.25. The summed E-state index contributed by atoms with van der Waals surface area (Å²) in [7, 11) is 2.23. The van der Waals surface area contributed by atoms with Crippen LogP contribution < -0.4 is 0 Å². The van der Waals surface area contributed by atoms with Crippen LogP contribution in [-0.4, -0.2) is 43.0 Å². The molecule has 1 saturated heterocycles. The van der Waals surface area contributed by atoms with E-state index in [0.29, 0.717) is 6.04 Å². The molecular weight excluding hydrogens is 214 g/mol. The number of ether oxygens (including phenoxy) is 2. The number of rotatable bonds is 2. The summed E-state index contributed by atoms with van der Waals surface area (Å²) in [6.45, 7) is 7.95. The second kappa shape index (κ2) is 5.25. The topological polar surface area (TPSA) is 21.7 Å². The SMILES string of the molecule is CN(C1COC(C)(C)OC1)[C@H]1CC[C@H](C)CC1. The molecule has 100 valence electrons. The Morgan fingerprint density at radius 2 is 1.47 bits per heavy atom. The minimum atomic E-state index is -0.390. The average molecular weight is 241 g/mol. The molecule has 2 rings (SSSR count). The molecule has 0 aromatic carbocycles. The van der Waals surface area contributed by atoms with E-state index in [1.165, 1.54) is 25.7 Å². The highest BCUT2D eigenvalue weighted by Crippen LogP contribution is 2.29. The fraction of sp³-hybridized carbons (Fsp3) is 1.00. The summed E-state index contributed by atoms with van der Waals surface area (Å²) in [5, 5.41) is 0. The molecule has 0 bridgehead atoms. The summed E-state index contributed by atoms with van der Waals surface area (Å²) in [5.74, 6) is 0.524. The molecule has 0 aromatic heterocycles. The standard InChI is InChI=1S/C14H27NO2/c1-11-5-7-12(8-6-11)15(4)13-9-16-14(2,3)17-10-13/h11-13H,5-10H2,1-4H3/t11-,12-. The molecule has 2 fully saturated rings. The van der Waals surface area contributed by atoms with Crippen molar-refractivity contribution in [3.05, 3.63) is 0 Å². The van der Waals surface area contributed by atoms with Gasteiger partial charge in [-0.25, -0.2) is 0 Å². The number of hydrogen-bond donors (Lipinski definition) is 0. The van der Waals surface area contributed by atoms with Crippen LogP contribution in [0, 0.1) is 5.92 Å². The smallest absolute Gasteiger partial charge is 0.162 e. The minimum absolute atomic E-state index is 0.390. The Bertz CT molecular complexity index is 237. The van der Waals surface area contributed by atoms with E-state index in [-0.39, 0.29) is 0 Å². The Morgan fingerprint density at radius 1 is 0.941 bits per heavy atom. The van der Waals surface area contributed by atoms with Gasteiger partial charge in [0.25, 0.3) is 0 Å². The lowest BCUT2D eigenvalue weighted by Gasteiger charge is -2.43. The number of likely N-dealkylation sites (N-methyl/N-ethyl adjacent to an activating group) is 1. The van der Waals surface area contributed by atoms with Gasteiger partial charge in [-0.05, 0) is 52.5 Å². The normalized spacial score (nSPS) is 35.1. The van der Waals surface area contributed by atoms with Gasteiger partial charge in [-0.1, -0.05) is 6.92 Å². The molecular formula is C14H27NO2. The second-order valence-corrected chi connectivity index (χ2v) is 6.25. The third kappa shape index (κ3) is 3.43. The maximum absolute atomic E-state index is 5.75. The molecule has 3 heteroatoms. The van der Waals surface area contributed by atoms with Crippen molar-refractivity contribution >= 4 is 0 Å². The zero-order chi connectivity index (χ0) is 12.5. The van der Waals surface area contributed by atoms with E-state index < -0.39 is 5.79 Å². The Balaban J connectivity index is 1.82. The van der Waals surface area contributed by atoms with Gasteiger partial charge in [0.15, 0.2) is 5.79 Å². The summed E-state index contributed by atoms with van der Waals surface area (Å²) in [6.07, 6.45) is 5.40. The highest BCUT2D eigenvalue weighted by molar-refractivity contribution is 4.83. The fourth-order valence-electron chi connectivity index (χ4n) is 2.87. The van der Waals surface area contributed by atoms with E-state index in [9.17, 15) is 0 Å². The predicted octanol–water partition coefficient (Wildman–Crippen LogP) is 2.65. The van der Waals surface area contributed by atoms with Crippen molar-refractivity contribution in [1.82, 2.24) is 4.90 Å². The molecule has 2 aliphatic rings. The molecule has 0 unspecified atom stereocenters. The van der Waals surface area contributed by atoms with Crippen molar-refractivity contribution in [3.8, 4) is 0 Å². The van der Waals surface area contributed by atoms with Crippen LogP contribution in [0.2, 0.25) is 0 Å². The van der Waals surface area contributed by atoms with Crippen LogP contribution in [0.25, 0.3) is 0 Å². The molecule has 0 amide bonds. The van der Waals surface area contributed by atoms with E-state index in [4.69, 9.17) is 9.47 Å². The number of nitrogens with zero attached hydrogens (tertiary/aromatic N) is 1. The molecule has 0 N–H and O–H groups in total. The maximum Gasteiger partial charge on any atom is 0.162 e. The van der Waals surface area contributed by atoms with Crippen LogP contribution >= 0.6 is 0 Å². The van der Waals surface area contributed by atoms with Crippen LogP contribution in [0.1, 0.15) is 46.5 Å². The monoisotopic (exact) mass is 241 g/mol. The zero-order valence-electron chi connectivity index (χ0n) is 11.7. The first-order chi connectivity index (χ1) is 7.98. The van der Waals surface area contributed by atoms with Gasteiger partial charge < -0.3 is 9.47 Å². The van der Waals surface area contributed by atoms with Gasteiger partial charge in [-0.15, -0.1) is 0 Å². The van der Waals surface area contributed by atoms with Crippen molar-refractivity contribution in [3.63, 3.8) is 0 Å². The highest BCUT2D eigenvalue weighted by Gasteiger charge is 2.33. The first kappa shape index (κ1) is 13.3. The van der Waals surface area contributed by atoms with Crippen LogP contribution in [0.3, 0.4) is 0 Å². The van der Waals surface area contributed by atoms with E-state index >= 15 is 0 Å². The summed E-state index contributed by atoms with van der Waals surface area (Å²) >= 11 is 0. The molecule has 1 saturated carbocycles. The van der Waals surface area contributed by atoms with Crippen LogP contribution in [0.15, 0.2) is 0 Å². The lowest BCUT2D eigenvalue weighted by molar-refractivity contribution is -0.264. The summed E-state index contributed by atoms with van der Waals surface area (Å²) in [5.41, 5.74) is 0. The Morgan fingerprint density at radius 3 is 2.00 bits per heavy atom. The van der Waals surface area contributed by atoms with Crippen molar-refractivity contribution in [2.75, 3.05) is 20.3 Å². The van der Waals surface area contributed by atoms with Gasteiger partial charge in [0.1, 0.15) is 0 Å². The van der Waals surface area contributed by atoms with Crippen LogP contribution in [0.5, 0.6) is 0 Å². The zero-order valence-corrected chi connectivity index (χ0v) is 11.7. The van der Waals surface area contributed by atoms with Gasteiger partial charge in [0.05, 0.1) is 19.3 Å². The van der Waals surface area contributed by atoms with E-state index in [2.05, 4.69) is 18.9 Å². The van der Waals surface area contributed by atoms with E-state index in [1.807, 2.05) is 13.8 Å². The summed E-state index contributed by atoms with van der Waals surface area (Å²) < 4.78 is 11.5. The van der Waals surface area contributed by atoms with Crippen molar-refractivity contribution in [1.29, 1.82) is 0 Å². The molecule has 17 heavy (non-hydrogen) atoms. The first-order valence-electron chi connectivity index (χ1n) is 6.98. The summed E-state index contributed by atoms with van der Waals surface area (Å²) in [6, 6.07) is 1.16. The first-order valence-corrected chi connectivity index (χ1v) is 6.98. The Kier molecular flexibility index (Phi) is 4.11. The molecule has 0 aromatic rings. The Hall–Kier alpha value is -0.120. The van der Waals surface area contributed by atoms with Gasteiger partial charge >= 0.3 is 0 Å². The molecule has 0 radical (unpaired) electrons. The maximum atomic E-state index is 5.75. The minimum Gasteiger partial charge on any atom is -0.349 e. The van der Waals surface area contributed by atoms with Gasteiger partial charge in [0.2, 0.25) is 0 Å². The van der Waals surface area contributed by atoms with Crippen LogP contribution in [-0.2, 0) is 9.47 Å². The molecule has 3 nitrogen and oxygen atoms in total. The molecule has 0 spiro atoms. The van der Waals surface area contributed by atoms with Crippen molar-refractivity contribution < 1.29 is 9.47 Å². The third-order valence-corrected chi connectivity index (χ3v) is 4.38. The number of hydrogen-bond acceptors (Lipinski definition) is 3. The largest absolute Gasteiger partial charge is 0.349 e.